The molecule has 0 radical (unpaired) electrons. The van der Waals surface area contributed by atoms with Gasteiger partial charge in [0.05, 0.1) is 16.2 Å². The van der Waals surface area contributed by atoms with Crippen molar-refractivity contribution >= 4 is 29.0 Å². The van der Waals surface area contributed by atoms with Crippen molar-refractivity contribution in [1.82, 2.24) is 20.5 Å². The van der Waals surface area contributed by atoms with Crippen LogP contribution in [-0.2, 0) is 4.79 Å². The summed E-state index contributed by atoms with van der Waals surface area (Å²) in [5, 5.41) is 12.1. The minimum Gasteiger partial charge on any atom is -0.349 e. The number of thioether (sulfide) groups is 1. The number of thiophene rings is 1. The van der Waals surface area contributed by atoms with E-state index in [4.69, 9.17) is 0 Å². The Morgan fingerprint density at radius 3 is 2.72 bits per heavy atom. The summed E-state index contributed by atoms with van der Waals surface area (Å²) in [5.41, 5.74) is 0.852. The Balaban J connectivity index is 1.58. The van der Waals surface area contributed by atoms with Crippen molar-refractivity contribution in [1.29, 1.82) is 0 Å². The highest BCUT2D eigenvalue weighted by Crippen LogP contribution is 2.25. The Hall–Kier alpha value is -2.19. The number of rotatable bonds is 6. The maximum atomic E-state index is 13.0. The number of aromatic nitrogens is 3. The van der Waals surface area contributed by atoms with Crippen LogP contribution in [0.25, 0.3) is 10.7 Å². The largest absolute Gasteiger partial charge is 0.349 e. The SMILES string of the molecule is CC(Sc1n[nH]c(-c2cccs2)n1)C(=O)NC(C)c1ccc(F)cc1. The van der Waals surface area contributed by atoms with Gasteiger partial charge in [-0.1, -0.05) is 30.0 Å². The molecule has 1 amide bonds. The molecule has 0 fully saturated rings. The van der Waals surface area contributed by atoms with Crippen LogP contribution < -0.4 is 5.32 Å². The fraction of sp³-hybridized carbons (Fsp3) is 0.235. The fourth-order valence-corrected chi connectivity index (χ4v) is 3.60. The monoisotopic (exact) mass is 376 g/mol. The molecule has 0 aliphatic heterocycles. The second-order valence-corrected chi connectivity index (χ2v) is 7.74. The van der Waals surface area contributed by atoms with Gasteiger partial charge in [-0.3, -0.25) is 9.89 Å². The van der Waals surface area contributed by atoms with Crippen LogP contribution in [0.3, 0.4) is 0 Å². The molecule has 2 aromatic heterocycles. The zero-order chi connectivity index (χ0) is 17.8. The van der Waals surface area contributed by atoms with E-state index in [1.165, 1.54) is 23.9 Å². The van der Waals surface area contributed by atoms with Crippen molar-refractivity contribution in [3.8, 4) is 10.7 Å². The molecule has 0 aliphatic rings. The van der Waals surface area contributed by atoms with E-state index in [1.54, 1.807) is 30.4 Å². The Morgan fingerprint density at radius 2 is 2.04 bits per heavy atom. The predicted octanol–water partition coefficient (Wildman–Crippen LogP) is 4.03. The Kier molecular flexibility index (Phi) is 5.50. The van der Waals surface area contributed by atoms with Gasteiger partial charge in [0.1, 0.15) is 5.82 Å². The first-order valence-electron chi connectivity index (χ1n) is 7.71. The molecule has 0 saturated carbocycles. The molecule has 8 heteroatoms. The van der Waals surface area contributed by atoms with Crippen molar-refractivity contribution < 1.29 is 9.18 Å². The molecule has 2 heterocycles. The Morgan fingerprint density at radius 1 is 1.28 bits per heavy atom. The molecular formula is C17H17FN4OS2. The fourth-order valence-electron chi connectivity index (χ4n) is 2.20. The van der Waals surface area contributed by atoms with Gasteiger partial charge >= 0.3 is 0 Å². The number of amides is 1. The number of hydrogen-bond donors (Lipinski definition) is 2. The summed E-state index contributed by atoms with van der Waals surface area (Å²) in [7, 11) is 0. The lowest BCUT2D eigenvalue weighted by Gasteiger charge is -2.17. The van der Waals surface area contributed by atoms with E-state index in [0.29, 0.717) is 11.0 Å². The quantitative estimate of drug-likeness (QED) is 0.637. The topological polar surface area (TPSA) is 70.7 Å². The number of aromatic amines is 1. The van der Waals surface area contributed by atoms with E-state index in [0.717, 1.165) is 10.4 Å². The van der Waals surface area contributed by atoms with Crippen molar-refractivity contribution in [2.24, 2.45) is 0 Å². The minimum absolute atomic E-state index is 0.121. The number of halogens is 1. The molecule has 0 spiro atoms. The van der Waals surface area contributed by atoms with Gasteiger partial charge < -0.3 is 5.32 Å². The summed E-state index contributed by atoms with van der Waals surface area (Å²) in [4.78, 5) is 17.8. The zero-order valence-electron chi connectivity index (χ0n) is 13.7. The van der Waals surface area contributed by atoms with E-state index in [9.17, 15) is 9.18 Å². The van der Waals surface area contributed by atoms with Crippen molar-refractivity contribution in [3.05, 3.63) is 53.2 Å². The van der Waals surface area contributed by atoms with Gasteiger partial charge in [0.25, 0.3) is 0 Å². The van der Waals surface area contributed by atoms with Crippen LogP contribution in [0, 0.1) is 5.82 Å². The molecule has 2 N–H and O–H groups in total. The molecule has 3 rings (SSSR count). The average Bonchev–Trinajstić information content (AvgIpc) is 3.26. The Labute approximate surface area is 153 Å². The number of carbonyl (C=O) groups is 1. The number of benzene rings is 1. The normalized spacial score (nSPS) is 13.4. The van der Waals surface area contributed by atoms with Crippen molar-refractivity contribution in [2.45, 2.75) is 30.3 Å². The molecule has 25 heavy (non-hydrogen) atoms. The van der Waals surface area contributed by atoms with Gasteiger partial charge in [0.2, 0.25) is 11.1 Å². The van der Waals surface area contributed by atoms with Crippen LogP contribution in [0.5, 0.6) is 0 Å². The third kappa shape index (κ3) is 4.46. The number of nitrogens with one attached hydrogen (secondary N) is 2. The Bertz CT molecular complexity index is 833. The van der Waals surface area contributed by atoms with Gasteiger partial charge in [0, 0.05) is 0 Å². The van der Waals surface area contributed by atoms with Gasteiger partial charge in [0.15, 0.2) is 5.82 Å². The van der Waals surface area contributed by atoms with E-state index in [-0.39, 0.29) is 23.0 Å². The molecule has 0 bridgehead atoms. The average molecular weight is 376 g/mol. The highest BCUT2D eigenvalue weighted by atomic mass is 32.2. The lowest BCUT2D eigenvalue weighted by Crippen LogP contribution is -2.33. The maximum absolute atomic E-state index is 13.0. The molecule has 3 aromatic rings. The van der Waals surface area contributed by atoms with E-state index >= 15 is 0 Å². The predicted molar refractivity (Wildman–Crippen MR) is 98.0 cm³/mol. The zero-order valence-corrected chi connectivity index (χ0v) is 15.3. The molecule has 5 nitrogen and oxygen atoms in total. The second kappa shape index (κ2) is 7.79. The summed E-state index contributed by atoms with van der Waals surface area (Å²) in [6.07, 6.45) is 0. The first-order chi connectivity index (χ1) is 12.0. The number of hydrogen-bond acceptors (Lipinski definition) is 5. The van der Waals surface area contributed by atoms with E-state index in [1.807, 2.05) is 24.4 Å². The molecule has 0 aliphatic carbocycles. The lowest BCUT2D eigenvalue weighted by molar-refractivity contribution is -0.120. The summed E-state index contributed by atoms with van der Waals surface area (Å²) < 4.78 is 13.0. The standard InChI is InChI=1S/C17H17FN4OS2/c1-10(12-5-7-13(18)8-6-12)19-16(23)11(2)25-17-20-15(21-22-17)14-4-3-9-24-14/h3-11H,1-2H3,(H,19,23)(H,20,21,22). The first-order valence-corrected chi connectivity index (χ1v) is 9.47. The van der Waals surface area contributed by atoms with Crippen LogP contribution in [0.4, 0.5) is 4.39 Å². The summed E-state index contributed by atoms with van der Waals surface area (Å²) in [6, 6.07) is 9.81. The summed E-state index contributed by atoms with van der Waals surface area (Å²) >= 11 is 2.86. The maximum Gasteiger partial charge on any atom is 0.233 e. The van der Waals surface area contributed by atoms with Crippen molar-refractivity contribution in [2.75, 3.05) is 0 Å². The van der Waals surface area contributed by atoms with Crippen LogP contribution in [-0.4, -0.2) is 26.3 Å². The van der Waals surface area contributed by atoms with Crippen LogP contribution in [0.15, 0.2) is 46.9 Å². The molecule has 2 unspecified atom stereocenters. The molecular weight excluding hydrogens is 359 g/mol. The first kappa shape index (κ1) is 17.6. The highest BCUT2D eigenvalue weighted by molar-refractivity contribution is 8.00. The third-order valence-corrected chi connectivity index (χ3v) is 5.44. The highest BCUT2D eigenvalue weighted by Gasteiger charge is 2.19. The second-order valence-electron chi connectivity index (χ2n) is 5.49. The molecule has 1 aromatic carbocycles. The number of carbonyl (C=O) groups excluding carboxylic acids is 1. The summed E-state index contributed by atoms with van der Waals surface area (Å²) in [5.74, 6) is 0.284. The van der Waals surface area contributed by atoms with Gasteiger partial charge in [-0.2, -0.15) is 0 Å². The molecule has 0 saturated heterocycles. The minimum atomic E-state index is -0.352. The van der Waals surface area contributed by atoms with E-state index in [2.05, 4.69) is 20.5 Å². The number of nitrogens with zero attached hydrogens (tertiary/aromatic N) is 2. The summed E-state index contributed by atoms with van der Waals surface area (Å²) in [6.45, 7) is 3.67. The van der Waals surface area contributed by atoms with Crippen molar-refractivity contribution in [3.63, 3.8) is 0 Å². The number of H-pyrrole nitrogens is 1. The van der Waals surface area contributed by atoms with Gasteiger partial charge in [-0.25, -0.2) is 9.37 Å². The van der Waals surface area contributed by atoms with Crippen LogP contribution in [0.2, 0.25) is 0 Å². The van der Waals surface area contributed by atoms with E-state index < -0.39 is 0 Å². The van der Waals surface area contributed by atoms with Crippen LogP contribution in [0.1, 0.15) is 25.5 Å². The molecule has 130 valence electrons. The lowest BCUT2D eigenvalue weighted by atomic mass is 10.1. The van der Waals surface area contributed by atoms with Crippen LogP contribution >= 0.6 is 23.1 Å². The third-order valence-electron chi connectivity index (χ3n) is 3.60. The van der Waals surface area contributed by atoms with Gasteiger partial charge in [-0.15, -0.1) is 16.4 Å². The molecule has 2 atom stereocenters. The smallest absolute Gasteiger partial charge is 0.233 e. The van der Waals surface area contributed by atoms with Gasteiger partial charge in [-0.05, 0) is 43.0 Å².